The highest BCUT2D eigenvalue weighted by molar-refractivity contribution is 7.92. The molecule has 0 aliphatic carbocycles. The Kier molecular flexibility index (Phi) is 6.12. The molecule has 0 amide bonds. The van der Waals surface area contributed by atoms with Gasteiger partial charge in [-0.15, -0.1) is 0 Å². The summed E-state index contributed by atoms with van der Waals surface area (Å²) in [5.41, 5.74) is 4.71. The number of imidazole rings is 1. The molecule has 2 aliphatic rings. The largest absolute Gasteiger partial charge is 0.456 e. The van der Waals surface area contributed by atoms with Crippen molar-refractivity contribution in [3.63, 3.8) is 0 Å². The van der Waals surface area contributed by atoms with Crippen molar-refractivity contribution in [2.24, 2.45) is 4.36 Å². The summed E-state index contributed by atoms with van der Waals surface area (Å²) < 4.78 is 33.3. The van der Waals surface area contributed by atoms with Crippen LogP contribution in [-0.4, -0.2) is 79.4 Å². The molecule has 2 fully saturated rings. The highest BCUT2D eigenvalue weighted by Gasteiger charge is 2.48. The summed E-state index contributed by atoms with van der Waals surface area (Å²) >= 11 is 6.55. The van der Waals surface area contributed by atoms with Crippen molar-refractivity contribution in [3.8, 4) is 28.5 Å². The quantitative estimate of drug-likeness (QED) is 0.391. The molecule has 4 aromatic rings. The third-order valence-electron chi connectivity index (χ3n) is 6.18. The molecule has 2 aliphatic heterocycles. The van der Waals surface area contributed by atoms with Crippen molar-refractivity contribution in [3.05, 3.63) is 53.7 Å². The molecular formula is C25H24ClN5O5S. The molecule has 6 rings (SSSR count). The van der Waals surface area contributed by atoms with Crippen molar-refractivity contribution >= 4 is 38.2 Å². The Morgan fingerprint density at radius 3 is 2.57 bits per heavy atom. The van der Waals surface area contributed by atoms with Crippen LogP contribution < -0.4 is 4.74 Å². The highest BCUT2D eigenvalue weighted by Crippen LogP contribution is 2.32. The van der Waals surface area contributed by atoms with Gasteiger partial charge in [-0.3, -0.25) is 4.98 Å². The van der Waals surface area contributed by atoms with Gasteiger partial charge in [-0.05, 0) is 30.3 Å². The Morgan fingerprint density at radius 2 is 1.84 bits per heavy atom. The standard InChI is InChI=1S/C25H24ClN5O5S/c1-37(2,33)31-15-6-3-13(4-7-15)17-8-5-14(10-27-17)21-16(26)9-18-24(29-21)30-25(28-18)36-20-12-35-22-19(32)11-34-23(20)22/h3-10,19-20,22-23,32H,11-12H2,1-2H3,(H,28,29,30)/t19-,20-,22-,23-/m1/s1. The lowest BCUT2D eigenvalue weighted by Gasteiger charge is -2.15. The fourth-order valence-electron chi connectivity index (χ4n) is 4.49. The molecule has 37 heavy (non-hydrogen) atoms. The van der Waals surface area contributed by atoms with Gasteiger partial charge in [-0.1, -0.05) is 23.7 Å². The number of aliphatic hydroxyl groups is 1. The predicted octanol–water partition coefficient (Wildman–Crippen LogP) is 3.61. The van der Waals surface area contributed by atoms with E-state index in [1.54, 1.807) is 24.8 Å². The number of aromatic nitrogens is 4. The zero-order valence-electron chi connectivity index (χ0n) is 20.0. The van der Waals surface area contributed by atoms with E-state index < -0.39 is 15.8 Å². The summed E-state index contributed by atoms with van der Waals surface area (Å²) in [6.45, 7) is 0.528. The fourth-order valence-corrected chi connectivity index (χ4v) is 5.38. The minimum absolute atomic E-state index is 0.227. The van der Waals surface area contributed by atoms with Crippen LogP contribution in [0, 0.1) is 0 Å². The van der Waals surface area contributed by atoms with Gasteiger partial charge in [0.2, 0.25) is 0 Å². The van der Waals surface area contributed by atoms with E-state index in [1.807, 2.05) is 36.4 Å². The summed E-state index contributed by atoms with van der Waals surface area (Å²) in [5, 5.41) is 10.4. The number of nitrogens with one attached hydrogen (secondary N) is 1. The van der Waals surface area contributed by atoms with E-state index in [2.05, 4.69) is 24.3 Å². The second kappa shape index (κ2) is 9.34. The number of hydrogen-bond acceptors (Lipinski definition) is 9. The number of pyridine rings is 2. The molecule has 3 aromatic heterocycles. The van der Waals surface area contributed by atoms with Gasteiger partial charge in [-0.25, -0.2) is 9.19 Å². The zero-order valence-corrected chi connectivity index (χ0v) is 21.6. The molecule has 5 heterocycles. The summed E-state index contributed by atoms with van der Waals surface area (Å²) in [6.07, 6.45) is 3.15. The zero-order chi connectivity index (χ0) is 25.7. The number of aromatic amines is 1. The van der Waals surface area contributed by atoms with Crippen LogP contribution in [0.1, 0.15) is 0 Å². The third-order valence-corrected chi connectivity index (χ3v) is 7.11. The van der Waals surface area contributed by atoms with Crippen LogP contribution in [0.3, 0.4) is 0 Å². The molecule has 0 radical (unpaired) electrons. The van der Waals surface area contributed by atoms with Crippen LogP contribution in [0.4, 0.5) is 5.69 Å². The fraction of sp³-hybridized carbons (Fsp3) is 0.320. The number of nitrogens with zero attached hydrogens (tertiary/aromatic N) is 4. The molecule has 12 heteroatoms. The molecule has 4 atom stereocenters. The first kappa shape index (κ1) is 24.3. The number of aliphatic hydroxyl groups excluding tert-OH is 1. The average molecular weight is 542 g/mol. The molecule has 10 nitrogen and oxygen atoms in total. The molecule has 2 saturated heterocycles. The van der Waals surface area contributed by atoms with Gasteiger partial charge >= 0.3 is 0 Å². The Morgan fingerprint density at radius 1 is 1.08 bits per heavy atom. The van der Waals surface area contributed by atoms with Crippen LogP contribution in [0.2, 0.25) is 5.02 Å². The Hall–Kier alpha value is -3.09. The topological polar surface area (TPSA) is 132 Å². The summed E-state index contributed by atoms with van der Waals surface area (Å²) in [5.74, 6) is 0. The van der Waals surface area contributed by atoms with Crippen molar-refractivity contribution in [1.29, 1.82) is 0 Å². The third kappa shape index (κ3) is 4.92. The number of halogens is 1. The molecule has 0 unspecified atom stereocenters. The number of rotatable bonds is 5. The van der Waals surface area contributed by atoms with E-state index in [0.29, 0.717) is 34.2 Å². The van der Waals surface area contributed by atoms with E-state index in [9.17, 15) is 9.32 Å². The monoisotopic (exact) mass is 541 g/mol. The van der Waals surface area contributed by atoms with E-state index in [-0.39, 0.29) is 30.9 Å². The van der Waals surface area contributed by atoms with Crippen LogP contribution >= 0.6 is 11.6 Å². The van der Waals surface area contributed by atoms with Crippen molar-refractivity contribution in [2.75, 3.05) is 25.7 Å². The average Bonchev–Trinajstić information content (AvgIpc) is 3.55. The lowest BCUT2D eigenvalue weighted by atomic mass is 10.1. The van der Waals surface area contributed by atoms with Crippen LogP contribution in [-0.2, 0) is 19.2 Å². The minimum atomic E-state index is -2.22. The highest BCUT2D eigenvalue weighted by atomic mass is 35.5. The smallest absolute Gasteiger partial charge is 0.296 e. The number of hydrogen-bond donors (Lipinski definition) is 2. The Balaban J connectivity index is 1.22. The number of benzene rings is 1. The maximum Gasteiger partial charge on any atom is 0.296 e. The predicted molar refractivity (Wildman–Crippen MR) is 140 cm³/mol. The Bertz CT molecular complexity index is 1580. The van der Waals surface area contributed by atoms with E-state index in [4.69, 9.17) is 25.8 Å². The number of fused-ring (bicyclic) bond motifs is 2. The molecule has 2 N–H and O–H groups in total. The van der Waals surface area contributed by atoms with Crippen molar-refractivity contribution in [2.45, 2.75) is 24.4 Å². The van der Waals surface area contributed by atoms with Gasteiger partial charge in [0.15, 0.2) is 11.8 Å². The van der Waals surface area contributed by atoms with Gasteiger partial charge < -0.3 is 24.3 Å². The maximum absolute atomic E-state index is 11.9. The first-order chi connectivity index (χ1) is 17.7. The first-order valence-electron chi connectivity index (χ1n) is 11.6. The van der Waals surface area contributed by atoms with Crippen molar-refractivity contribution < 1.29 is 23.5 Å². The van der Waals surface area contributed by atoms with Crippen LogP contribution in [0.15, 0.2) is 53.0 Å². The van der Waals surface area contributed by atoms with Crippen LogP contribution in [0.25, 0.3) is 33.7 Å². The van der Waals surface area contributed by atoms with Crippen LogP contribution in [0.5, 0.6) is 6.01 Å². The lowest BCUT2D eigenvalue weighted by molar-refractivity contribution is 0.00706. The second-order valence-corrected chi connectivity index (χ2v) is 12.3. The number of H-pyrrole nitrogens is 1. The van der Waals surface area contributed by atoms with Crippen molar-refractivity contribution in [1.82, 2.24) is 19.9 Å². The van der Waals surface area contributed by atoms with Gasteiger partial charge in [0.25, 0.3) is 6.01 Å². The summed E-state index contributed by atoms with van der Waals surface area (Å²) in [6, 6.07) is 13.2. The van der Waals surface area contributed by atoms with E-state index in [0.717, 1.165) is 16.8 Å². The van der Waals surface area contributed by atoms with E-state index >= 15 is 0 Å². The van der Waals surface area contributed by atoms with Gasteiger partial charge in [0.1, 0.15) is 18.3 Å². The Labute approximate surface area is 218 Å². The SMILES string of the molecule is CS(C)(=O)=Nc1ccc(-c2ccc(-c3nc4nc(O[C@@H]5CO[C@H]6[C@@H]5OC[C@H]6O)[nH]c4cc3Cl)cn2)cc1. The van der Waals surface area contributed by atoms with Gasteiger partial charge in [0.05, 0.1) is 40.8 Å². The molecular weight excluding hydrogens is 518 g/mol. The number of ether oxygens (including phenoxy) is 3. The van der Waals surface area contributed by atoms with Gasteiger partial charge in [-0.2, -0.15) is 9.35 Å². The molecule has 0 saturated carbocycles. The second-order valence-electron chi connectivity index (χ2n) is 9.30. The summed E-state index contributed by atoms with van der Waals surface area (Å²) in [7, 11) is -2.22. The normalized spacial score (nSPS) is 23.4. The van der Waals surface area contributed by atoms with E-state index in [1.165, 1.54) is 0 Å². The molecule has 0 spiro atoms. The minimum Gasteiger partial charge on any atom is -0.456 e. The van der Waals surface area contributed by atoms with Gasteiger partial charge in [0, 0.05) is 39.6 Å². The molecule has 1 aromatic carbocycles. The lowest BCUT2D eigenvalue weighted by Crippen LogP contribution is -2.34. The molecule has 0 bridgehead atoms. The maximum atomic E-state index is 11.9. The first-order valence-corrected chi connectivity index (χ1v) is 14.3. The summed E-state index contributed by atoms with van der Waals surface area (Å²) in [4.78, 5) is 16.8. The molecule has 192 valence electrons.